The maximum Gasteiger partial charge on any atom is 0.229 e. The zero-order valence-electron chi connectivity index (χ0n) is 28.8. The fourth-order valence-electron chi connectivity index (χ4n) is 6.29. The molecule has 1 aromatic heterocycles. The highest BCUT2D eigenvalue weighted by Gasteiger charge is 2.55. The van der Waals surface area contributed by atoms with E-state index in [4.69, 9.17) is 28.1 Å². The lowest BCUT2D eigenvalue weighted by Crippen LogP contribution is -2.68. The molecule has 10 atom stereocenters. The molecule has 3 heterocycles. The summed E-state index contributed by atoms with van der Waals surface area (Å²) in [6.07, 6.45) is -12.0. The quantitative estimate of drug-likeness (QED) is 0.0983. The molecule has 2 saturated heterocycles. The number of ether oxygens (including phenoxy) is 5. The van der Waals surface area contributed by atoms with Gasteiger partial charge in [0.05, 0.1) is 19.8 Å². The number of phenolic OH excluding ortho intramolecular Hbond substituents is 3. The van der Waals surface area contributed by atoms with Crippen molar-refractivity contribution in [2.45, 2.75) is 74.3 Å². The van der Waals surface area contributed by atoms with Crippen LogP contribution in [0.5, 0.6) is 34.5 Å². The Bertz CT molecular complexity index is 2060. The van der Waals surface area contributed by atoms with Crippen molar-refractivity contribution in [1.29, 1.82) is 0 Å². The highest BCUT2D eigenvalue weighted by Crippen LogP contribution is 2.39. The Morgan fingerprint density at radius 1 is 0.796 bits per heavy atom. The van der Waals surface area contributed by atoms with Crippen LogP contribution in [0.1, 0.15) is 18.9 Å². The predicted molar refractivity (Wildman–Crippen MR) is 186 cm³/mol. The molecule has 54 heavy (non-hydrogen) atoms. The molecule has 2 aliphatic rings. The number of aliphatic hydroxyl groups excluding tert-OH is 6. The third-order valence-corrected chi connectivity index (χ3v) is 9.41. The molecule has 3 aromatic carbocycles. The lowest BCUT2D eigenvalue weighted by molar-refractivity contribution is -0.312. The Hall–Kier alpha value is -4.95. The molecule has 6 rings (SSSR count). The van der Waals surface area contributed by atoms with Gasteiger partial charge < -0.3 is 79.2 Å². The zero-order chi connectivity index (χ0) is 39.1. The molecule has 290 valence electrons. The first-order valence-electron chi connectivity index (χ1n) is 16.7. The number of fused-ring (bicyclic) bond motifs is 1. The van der Waals surface area contributed by atoms with E-state index in [-0.39, 0.29) is 45.3 Å². The van der Waals surface area contributed by atoms with E-state index in [9.17, 15) is 55.9 Å². The van der Waals surface area contributed by atoms with Crippen molar-refractivity contribution in [3.05, 3.63) is 76.5 Å². The summed E-state index contributed by atoms with van der Waals surface area (Å²) in [6, 6.07) is 11.6. The Labute approximate surface area is 306 Å². The first kappa shape index (κ1) is 38.8. The van der Waals surface area contributed by atoms with E-state index in [0.29, 0.717) is 5.56 Å². The van der Waals surface area contributed by atoms with Gasteiger partial charge in [0, 0.05) is 23.8 Å². The van der Waals surface area contributed by atoms with Crippen LogP contribution in [0.2, 0.25) is 0 Å². The van der Waals surface area contributed by atoms with E-state index in [1.807, 2.05) is 0 Å². The van der Waals surface area contributed by atoms with Crippen LogP contribution in [0.3, 0.4) is 0 Å². The number of methoxy groups -OCH3 is 1. The largest absolute Gasteiger partial charge is 0.504 e. The Morgan fingerprint density at radius 2 is 1.54 bits per heavy atom. The second kappa shape index (κ2) is 15.4. The highest BCUT2D eigenvalue weighted by molar-refractivity contribution is 5.86. The first-order chi connectivity index (χ1) is 25.6. The van der Waals surface area contributed by atoms with Crippen LogP contribution in [0.4, 0.5) is 0 Å². The van der Waals surface area contributed by atoms with Gasteiger partial charge in [-0.15, -0.1) is 0 Å². The van der Waals surface area contributed by atoms with Crippen LogP contribution in [0, 0.1) is 0 Å². The molecule has 2 unspecified atom stereocenters. The number of rotatable bonds is 10. The van der Waals surface area contributed by atoms with Crippen LogP contribution >= 0.6 is 0 Å². The molecule has 2 aliphatic heterocycles. The number of hydrogen-bond acceptors (Lipinski definition) is 17. The number of aliphatic hydroxyl groups is 7. The Kier molecular flexibility index (Phi) is 11.1. The monoisotopic (exact) mass is 756 g/mol. The van der Waals surface area contributed by atoms with Gasteiger partial charge in [0.1, 0.15) is 70.5 Å². The SMILES string of the molecule is COc1cc(C=CC[C@]2(O)[C@H](O)[C@@H](CO)OC(Oc3cc(OC4O[C@H](C)[C@@H](O)[C@H](O)[C@H]4O)cc4oc(-c5ccc(O)c(O)c5)cc(=O)c34)[C@@H]2O)ccc1O. The van der Waals surface area contributed by atoms with Crippen LogP contribution in [-0.4, -0.2) is 126 Å². The lowest BCUT2D eigenvalue weighted by atomic mass is 9.81. The maximum atomic E-state index is 13.7. The van der Waals surface area contributed by atoms with Crippen LogP contribution in [-0.2, 0) is 9.47 Å². The average molecular weight is 757 g/mol. The molecule has 10 N–H and O–H groups in total. The minimum atomic E-state index is -2.40. The van der Waals surface area contributed by atoms with Crippen LogP contribution in [0.25, 0.3) is 28.4 Å². The molecule has 4 aromatic rings. The first-order valence-corrected chi connectivity index (χ1v) is 16.7. The van der Waals surface area contributed by atoms with Gasteiger partial charge in [0.15, 0.2) is 28.4 Å². The summed E-state index contributed by atoms with van der Waals surface area (Å²) in [6.45, 7) is 0.613. The smallest absolute Gasteiger partial charge is 0.229 e. The lowest BCUT2D eigenvalue weighted by Gasteiger charge is -2.47. The third kappa shape index (κ3) is 7.41. The minimum absolute atomic E-state index is 0.0724. The van der Waals surface area contributed by atoms with E-state index in [0.717, 1.165) is 18.2 Å². The molecule has 0 radical (unpaired) electrons. The van der Waals surface area contributed by atoms with Crippen LogP contribution < -0.4 is 19.6 Å². The second-order valence-corrected chi connectivity index (χ2v) is 13.0. The summed E-state index contributed by atoms with van der Waals surface area (Å²) in [7, 11) is 1.37. The van der Waals surface area contributed by atoms with E-state index < -0.39 is 90.9 Å². The van der Waals surface area contributed by atoms with E-state index in [1.54, 1.807) is 6.07 Å². The van der Waals surface area contributed by atoms with Crippen molar-refractivity contribution in [2.75, 3.05) is 13.7 Å². The Morgan fingerprint density at radius 3 is 2.24 bits per heavy atom. The van der Waals surface area contributed by atoms with Gasteiger partial charge in [-0.25, -0.2) is 0 Å². The minimum Gasteiger partial charge on any atom is -0.504 e. The zero-order valence-corrected chi connectivity index (χ0v) is 28.8. The van der Waals surface area contributed by atoms with Crippen molar-refractivity contribution >= 4 is 17.0 Å². The van der Waals surface area contributed by atoms with Gasteiger partial charge >= 0.3 is 0 Å². The number of aromatic hydroxyl groups is 3. The van der Waals surface area contributed by atoms with Gasteiger partial charge in [-0.3, -0.25) is 4.79 Å². The summed E-state index contributed by atoms with van der Waals surface area (Å²) in [5.41, 5.74) is -2.60. The Balaban J connectivity index is 1.38. The molecule has 0 bridgehead atoms. The molecule has 2 fully saturated rings. The van der Waals surface area contributed by atoms with Gasteiger partial charge in [-0.2, -0.15) is 0 Å². The van der Waals surface area contributed by atoms with Gasteiger partial charge in [0.2, 0.25) is 12.6 Å². The van der Waals surface area contributed by atoms with Crippen LogP contribution in [0.15, 0.2) is 69.9 Å². The summed E-state index contributed by atoms with van der Waals surface area (Å²) in [5.74, 6) is -1.45. The number of hydrogen-bond donors (Lipinski definition) is 10. The normalized spacial score (nSPS) is 30.1. The molecule has 17 nitrogen and oxygen atoms in total. The standard InChI is InChI=1S/C37H40O17/c1-16-30(43)31(44)32(45)35(50-16)51-19-12-26-29(23(42)14-24(52-26)18-6-8-20(39)22(41)11-18)27(13-19)53-36-34(47)37(48,33(46)28(15-38)54-36)9-3-4-17-5-7-21(40)25(10-17)49-2/h3-8,10-14,16,28,30-36,38-41,43-48H,9,15H2,1-2H3/t16-,28-,30-,31+,32-,33-,34+,35?,36?,37+/m1/s1. The summed E-state index contributed by atoms with van der Waals surface area (Å²) in [4.78, 5) is 13.7. The summed E-state index contributed by atoms with van der Waals surface area (Å²) >= 11 is 0. The predicted octanol–water partition coefficient (Wildman–Crippen LogP) is 0.444. The van der Waals surface area contributed by atoms with E-state index >= 15 is 0 Å². The molecular weight excluding hydrogens is 716 g/mol. The van der Waals surface area contributed by atoms with Crippen molar-refractivity contribution < 1.29 is 79.2 Å². The fourth-order valence-corrected chi connectivity index (χ4v) is 6.29. The van der Waals surface area contributed by atoms with E-state index in [2.05, 4.69) is 0 Å². The molecule has 0 saturated carbocycles. The third-order valence-electron chi connectivity index (χ3n) is 9.41. The number of benzene rings is 3. The second-order valence-electron chi connectivity index (χ2n) is 13.0. The summed E-state index contributed by atoms with van der Waals surface area (Å²) < 4.78 is 34.2. The fraction of sp³-hybridized carbons (Fsp3) is 0.378. The topological polar surface area (TPSA) is 279 Å². The summed E-state index contributed by atoms with van der Waals surface area (Å²) in [5, 5.41) is 105. The molecule has 17 heteroatoms. The van der Waals surface area contributed by atoms with Crippen molar-refractivity contribution in [3.63, 3.8) is 0 Å². The maximum absolute atomic E-state index is 13.7. The number of phenols is 3. The van der Waals surface area contributed by atoms with Gasteiger partial charge in [0.25, 0.3) is 0 Å². The molecular formula is C37H40O17. The van der Waals surface area contributed by atoms with E-state index in [1.165, 1.54) is 56.5 Å². The van der Waals surface area contributed by atoms with Gasteiger partial charge in [-0.05, 0) is 49.2 Å². The molecule has 0 amide bonds. The molecule has 0 spiro atoms. The average Bonchev–Trinajstić information content (AvgIpc) is 3.14. The highest BCUT2D eigenvalue weighted by atomic mass is 16.7. The van der Waals surface area contributed by atoms with Crippen molar-refractivity contribution in [1.82, 2.24) is 0 Å². The molecule has 0 aliphatic carbocycles. The van der Waals surface area contributed by atoms with Crippen molar-refractivity contribution in [3.8, 4) is 45.8 Å². The van der Waals surface area contributed by atoms with Gasteiger partial charge in [-0.1, -0.05) is 18.2 Å². The van der Waals surface area contributed by atoms with Crippen molar-refractivity contribution in [2.24, 2.45) is 0 Å².